The fourth-order valence-electron chi connectivity index (χ4n) is 8.89. The van der Waals surface area contributed by atoms with E-state index in [1.165, 1.54) is 0 Å². The Kier molecular flexibility index (Phi) is 16.6. The summed E-state index contributed by atoms with van der Waals surface area (Å²) in [4.78, 5) is 67.9. The number of para-hydroxylation sites is 1. The van der Waals surface area contributed by atoms with E-state index in [0.29, 0.717) is 105 Å². The van der Waals surface area contributed by atoms with Gasteiger partial charge in [-0.2, -0.15) is 0 Å². The zero-order valence-corrected chi connectivity index (χ0v) is 39.5. The Morgan fingerprint density at radius 2 is 1.61 bits per heavy atom. The Labute approximate surface area is 404 Å². The molecule has 2 atom stereocenters. The number of aliphatic hydroxyl groups excluding tert-OH is 1. The first-order valence-electron chi connectivity index (χ1n) is 23.2. The number of halogens is 1. The molecule has 0 spiro atoms. The van der Waals surface area contributed by atoms with Crippen LogP contribution in [0.15, 0.2) is 73.1 Å². The molecule has 3 aromatic carbocycles. The maximum atomic E-state index is 13.1. The fourth-order valence-corrected chi connectivity index (χ4v) is 9.08. The number of hydrogen-bond acceptors (Lipinski definition) is 15. The third-order valence-corrected chi connectivity index (χ3v) is 12.8. The SMILES string of the molecule is COc1cc(N2CCC(N(C)C(=O)CCOCCOCCOCCOCCNc3cccc4c3C(O)N(C3CCC(=O)NC3=O)C4=O)CC2)ccc1Nc1ncc(Cl)c(-c2c[nH]c3ccccc23)n1. The predicted molar refractivity (Wildman–Crippen MR) is 259 cm³/mol. The molecule has 5 N–H and O–H groups in total. The van der Waals surface area contributed by atoms with Gasteiger partial charge in [0.2, 0.25) is 23.7 Å². The number of methoxy groups -OCH3 is 1. The molecule has 366 valence electrons. The van der Waals surface area contributed by atoms with Crippen molar-refractivity contribution in [2.75, 3.05) is 102 Å². The van der Waals surface area contributed by atoms with Crippen LogP contribution in [-0.2, 0) is 33.3 Å². The summed E-state index contributed by atoms with van der Waals surface area (Å²) in [5.41, 5.74) is 5.53. The number of hydrogen-bond donors (Lipinski definition) is 5. The average molecular weight is 969 g/mol. The summed E-state index contributed by atoms with van der Waals surface area (Å²) in [5, 5.41) is 21.3. The van der Waals surface area contributed by atoms with E-state index in [2.05, 4.69) is 30.8 Å². The summed E-state index contributed by atoms with van der Waals surface area (Å²) >= 11 is 6.56. The highest BCUT2D eigenvalue weighted by atomic mass is 35.5. The van der Waals surface area contributed by atoms with Crippen molar-refractivity contribution in [3.63, 3.8) is 0 Å². The molecule has 3 aliphatic rings. The lowest BCUT2D eigenvalue weighted by Gasteiger charge is -2.38. The molecule has 2 unspecified atom stereocenters. The van der Waals surface area contributed by atoms with Gasteiger partial charge >= 0.3 is 0 Å². The Morgan fingerprint density at radius 1 is 0.884 bits per heavy atom. The largest absolute Gasteiger partial charge is 0.494 e. The van der Waals surface area contributed by atoms with E-state index in [1.54, 1.807) is 31.5 Å². The van der Waals surface area contributed by atoms with Crippen molar-refractivity contribution in [3.05, 3.63) is 89.2 Å². The quantitative estimate of drug-likeness (QED) is 0.0415. The van der Waals surface area contributed by atoms with Crippen LogP contribution in [0.1, 0.15) is 54.3 Å². The van der Waals surface area contributed by atoms with Crippen LogP contribution in [0.25, 0.3) is 22.2 Å². The number of fused-ring (bicyclic) bond motifs is 2. The van der Waals surface area contributed by atoms with Gasteiger partial charge < -0.3 is 54.2 Å². The number of carbonyl (C=O) groups excluding carboxylic acids is 4. The average Bonchev–Trinajstić information content (AvgIpc) is 3.90. The van der Waals surface area contributed by atoms with Crippen LogP contribution in [0.5, 0.6) is 5.75 Å². The minimum Gasteiger partial charge on any atom is -0.494 e. The monoisotopic (exact) mass is 967 g/mol. The second-order valence-corrected chi connectivity index (χ2v) is 17.2. The van der Waals surface area contributed by atoms with Crippen molar-refractivity contribution >= 4 is 69.1 Å². The number of aliphatic hydroxyl groups is 1. The molecule has 19 nitrogen and oxygen atoms in total. The van der Waals surface area contributed by atoms with E-state index in [0.717, 1.165) is 58.7 Å². The van der Waals surface area contributed by atoms with Gasteiger partial charge in [0.15, 0.2) is 6.23 Å². The van der Waals surface area contributed by atoms with Crippen molar-refractivity contribution in [2.45, 2.75) is 50.4 Å². The third kappa shape index (κ3) is 11.7. The first-order chi connectivity index (χ1) is 33.6. The van der Waals surface area contributed by atoms with E-state index >= 15 is 0 Å². The lowest BCUT2D eigenvalue weighted by atomic mass is 10.0. The van der Waals surface area contributed by atoms with Crippen LogP contribution in [0.2, 0.25) is 5.02 Å². The van der Waals surface area contributed by atoms with E-state index in [4.69, 9.17) is 40.3 Å². The zero-order valence-electron chi connectivity index (χ0n) is 38.7. The number of aromatic amines is 1. The van der Waals surface area contributed by atoms with Gasteiger partial charge in [0, 0.05) is 90.4 Å². The van der Waals surface area contributed by atoms with Gasteiger partial charge in [-0.3, -0.25) is 29.4 Å². The maximum Gasteiger partial charge on any atom is 0.257 e. The first kappa shape index (κ1) is 49.1. The molecule has 69 heavy (non-hydrogen) atoms. The molecule has 0 radical (unpaired) electrons. The van der Waals surface area contributed by atoms with Gasteiger partial charge in [0.1, 0.15) is 11.8 Å². The van der Waals surface area contributed by atoms with Crippen molar-refractivity contribution in [2.24, 2.45) is 0 Å². The molecule has 5 aromatic rings. The molecule has 0 aliphatic carbocycles. The van der Waals surface area contributed by atoms with Gasteiger partial charge in [-0.15, -0.1) is 0 Å². The molecule has 8 rings (SSSR count). The normalized spacial score (nSPS) is 17.3. The second-order valence-electron chi connectivity index (χ2n) is 16.8. The molecule has 4 amide bonds. The Bertz CT molecular complexity index is 2610. The van der Waals surface area contributed by atoms with Crippen LogP contribution in [0.3, 0.4) is 0 Å². The van der Waals surface area contributed by atoms with Gasteiger partial charge in [-0.05, 0) is 49.6 Å². The highest BCUT2D eigenvalue weighted by Gasteiger charge is 2.45. The number of nitrogens with zero attached hydrogens (tertiary/aromatic N) is 5. The Hall–Kier alpha value is -6.35. The number of nitrogens with one attached hydrogen (secondary N) is 4. The van der Waals surface area contributed by atoms with Gasteiger partial charge in [0.05, 0.1) is 89.0 Å². The van der Waals surface area contributed by atoms with E-state index in [9.17, 15) is 24.3 Å². The van der Waals surface area contributed by atoms with Crippen molar-refractivity contribution < 1.29 is 48.0 Å². The van der Waals surface area contributed by atoms with Crippen molar-refractivity contribution in [1.82, 2.24) is 30.1 Å². The number of anilines is 4. The number of rotatable bonds is 23. The third-order valence-electron chi connectivity index (χ3n) is 12.6. The molecular formula is C49H58ClN9O10. The van der Waals surface area contributed by atoms with Gasteiger partial charge in [0.25, 0.3) is 5.91 Å². The molecule has 2 fully saturated rings. The highest BCUT2D eigenvalue weighted by Crippen LogP contribution is 2.40. The van der Waals surface area contributed by atoms with Crippen LogP contribution >= 0.6 is 11.6 Å². The number of H-pyrrole nitrogens is 1. The number of ether oxygens (including phenoxy) is 5. The molecule has 0 saturated carbocycles. The maximum absolute atomic E-state index is 13.1. The lowest BCUT2D eigenvalue weighted by molar-refractivity contribution is -0.139. The summed E-state index contributed by atoms with van der Waals surface area (Å²) in [6.45, 7) is 4.92. The zero-order chi connectivity index (χ0) is 48.3. The Morgan fingerprint density at radius 3 is 2.35 bits per heavy atom. The summed E-state index contributed by atoms with van der Waals surface area (Å²) in [5.74, 6) is -0.345. The number of imide groups is 1. The molecule has 3 aliphatic heterocycles. The highest BCUT2D eigenvalue weighted by molar-refractivity contribution is 6.33. The standard InChI is InChI=1S/C49H58ClN9O10/c1-57(31-14-18-58(19-15-31)32-10-11-38(41(28-32)65-2)54-49-53-30-36(50)45(56-49)35-29-52-37-8-4-3-6-33(35)37)43(61)16-20-66-22-24-68-26-27-69-25-23-67-21-17-51-39-9-5-7-34-44(39)48(64)59(47(34)63)40-12-13-42(60)55-46(40)62/h3-11,28-31,40,48,51-52,64H,12-27H2,1-2H3,(H,53,54,56)(H,55,60,62). The van der Waals surface area contributed by atoms with E-state index < -0.39 is 30.0 Å². The van der Waals surface area contributed by atoms with Crippen LogP contribution in [0, 0.1) is 0 Å². The van der Waals surface area contributed by atoms with E-state index in [1.807, 2.05) is 60.6 Å². The summed E-state index contributed by atoms with van der Waals surface area (Å²) < 4.78 is 28.3. The molecule has 0 bridgehead atoms. The number of piperidine rings is 2. The number of aromatic nitrogens is 3. The van der Waals surface area contributed by atoms with Crippen molar-refractivity contribution in [3.8, 4) is 17.0 Å². The molecule has 2 saturated heterocycles. The van der Waals surface area contributed by atoms with Crippen LogP contribution in [-0.4, -0.2) is 152 Å². The van der Waals surface area contributed by atoms with E-state index in [-0.39, 0.29) is 24.8 Å². The smallest absolute Gasteiger partial charge is 0.257 e. The number of amides is 4. The summed E-state index contributed by atoms with van der Waals surface area (Å²) in [7, 11) is 3.50. The minimum atomic E-state index is -1.32. The molecule has 2 aromatic heterocycles. The topological polar surface area (TPSA) is 222 Å². The Balaban J connectivity index is 0.655. The number of carbonyl (C=O) groups is 4. The number of benzene rings is 3. The van der Waals surface area contributed by atoms with Crippen LogP contribution < -0.4 is 25.6 Å². The summed E-state index contributed by atoms with van der Waals surface area (Å²) in [6, 6.07) is 18.3. The van der Waals surface area contributed by atoms with Crippen LogP contribution in [0.4, 0.5) is 23.0 Å². The molecular weight excluding hydrogens is 910 g/mol. The fraction of sp³-hybridized carbons (Fsp3) is 0.429. The predicted octanol–water partition coefficient (Wildman–Crippen LogP) is 5.28. The lowest BCUT2D eigenvalue weighted by Crippen LogP contribution is -2.53. The second kappa shape index (κ2) is 23.3. The van der Waals surface area contributed by atoms with Gasteiger partial charge in [-0.25, -0.2) is 9.97 Å². The molecule has 20 heteroatoms. The molecule has 5 heterocycles. The summed E-state index contributed by atoms with van der Waals surface area (Å²) in [6.07, 6.45) is 4.39. The first-order valence-corrected chi connectivity index (χ1v) is 23.6. The van der Waals surface area contributed by atoms with Crippen molar-refractivity contribution in [1.29, 1.82) is 0 Å². The van der Waals surface area contributed by atoms with Gasteiger partial charge in [-0.1, -0.05) is 35.9 Å². The minimum absolute atomic E-state index is 0.0485.